The van der Waals surface area contributed by atoms with Gasteiger partial charge in [-0.2, -0.15) is 0 Å². The fourth-order valence-electron chi connectivity index (χ4n) is 2.13. The van der Waals surface area contributed by atoms with Gasteiger partial charge in [-0.1, -0.05) is 15.9 Å². The number of nitrogens with one attached hydrogen (secondary N) is 1. The Morgan fingerprint density at radius 1 is 1.14 bits per heavy atom. The summed E-state index contributed by atoms with van der Waals surface area (Å²) in [5, 5.41) is 2.51. The summed E-state index contributed by atoms with van der Waals surface area (Å²) in [4.78, 5) is 36.7. The number of amides is 2. The van der Waals surface area contributed by atoms with Crippen LogP contribution in [0.5, 0.6) is 0 Å². The van der Waals surface area contributed by atoms with Crippen LogP contribution in [0.25, 0.3) is 6.08 Å². The van der Waals surface area contributed by atoms with Gasteiger partial charge in [0.2, 0.25) is 5.91 Å². The SMILES string of the molecule is CN(CC(=O)Nc1ccc(F)cc1)C(=O)COC(=O)/C=C/c1cc(Br)ccc1F. The fraction of sp³-hybridized carbons (Fsp3) is 0.150. The molecule has 152 valence electrons. The molecule has 1 N–H and O–H groups in total. The maximum atomic E-state index is 13.6. The molecular weight excluding hydrogens is 450 g/mol. The predicted octanol–water partition coefficient (Wildman–Crippen LogP) is 3.38. The third kappa shape index (κ3) is 7.46. The molecule has 0 spiro atoms. The van der Waals surface area contributed by atoms with Gasteiger partial charge in [-0.15, -0.1) is 0 Å². The zero-order valence-corrected chi connectivity index (χ0v) is 16.9. The van der Waals surface area contributed by atoms with E-state index in [1.54, 1.807) is 0 Å². The topological polar surface area (TPSA) is 75.7 Å². The lowest BCUT2D eigenvalue weighted by molar-refractivity contribution is -0.148. The first-order chi connectivity index (χ1) is 13.7. The van der Waals surface area contributed by atoms with Crippen LogP contribution in [0.15, 0.2) is 53.0 Å². The van der Waals surface area contributed by atoms with E-state index in [-0.39, 0.29) is 12.1 Å². The summed E-state index contributed by atoms with van der Waals surface area (Å²) < 4.78 is 31.9. The van der Waals surface area contributed by atoms with Gasteiger partial charge in [0, 0.05) is 28.8 Å². The number of nitrogens with zero attached hydrogens (tertiary/aromatic N) is 1. The smallest absolute Gasteiger partial charge is 0.331 e. The molecule has 0 atom stereocenters. The van der Waals surface area contributed by atoms with Crippen LogP contribution in [0, 0.1) is 11.6 Å². The molecule has 2 aromatic rings. The average molecular weight is 467 g/mol. The molecule has 2 rings (SSSR count). The van der Waals surface area contributed by atoms with E-state index in [1.807, 2.05) is 0 Å². The van der Waals surface area contributed by atoms with Crippen molar-refractivity contribution < 1.29 is 27.9 Å². The summed E-state index contributed by atoms with van der Waals surface area (Å²) in [6.45, 7) is -0.864. The Balaban J connectivity index is 1.79. The highest BCUT2D eigenvalue weighted by Crippen LogP contribution is 2.16. The van der Waals surface area contributed by atoms with Crippen molar-refractivity contribution >= 4 is 45.5 Å². The van der Waals surface area contributed by atoms with E-state index in [2.05, 4.69) is 21.2 Å². The van der Waals surface area contributed by atoms with Crippen LogP contribution in [0.4, 0.5) is 14.5 Å². The molecule has 0 aromatic heterocycles. The molecule has 0 radical (unpaired) electrons. The highest BCUT2D eigenvalue weighted by Gasteiger charge is 2.14. The standard InChI is InChI=1S/C20H17BrF2N2O4/c1-25(11-18(26)24-16-6-4-15(22)5-7-16)19(27)12-29-20(28)9-2-13-10-14(21)3-8-17(13)23/h2-10H,11-12H2,1H3,(H,24,26)/b9-2+. The lowest BCUT2D eigenvalue weighted by Crippen LogP contribution is -2.37. The molecule has 6 nitrogen and oxygen atoms in total. The van der Waals surface area contributed by atoms with Crippen LogP contribution in [-0.2, 0) is 19.1 Å². The molecule has 0 aliphatic rings. The zero-order chi connectivity index (χ0) is 21.4. The normalized spacial score (nSPS) is 10.6. The second kappa shape index (κ2) is 10.5. The molecule has 0 fully saturated rings. The van der Waals surface area contributed by atoms with Crippen LogP contribution < -0.4 is 5.32 Å². The van der Waals surface area contributed by atoms with Gasteiger partial charge in [0.15, 0.2) is 6.61 Å². The summed E-state index contributed by atoms with van der Waals surface area (Å²) in [5.74, 6) is -2.88. The summed E-state index contributed by atoms with van der Waals surface area (Å²) in [6, 6.07) is 9.40. The van der Waals surface area contributed by atoms with E-state index in [1.165, 1.54) is 55.6 Å². The van der Waals surface area contributed by atoms with Gasteiger partial charge in [0.05, 0.1) is 6.54 Å². The number of carbonyl (C=O) groups excluding carboxylic acids is 3. The molecular formula is C20H17BrF2N2O4. The van der Waals surface area contributed by atoms with E-state index in [4.69, 9.17) is 4.74 Å². The van der Waals surface area contributed by atoms with Crippen LogP contribution >= 0.6 is 15.9 Å². The number of carbonyl (C=O) groups is 3. The van der Waals surface area contributed by atoms with E-state index in [9.17, 15) is 23.2 Å². The van der Waals surface area contributed by atoms with E-state index >= 15 is 0 Å². The lowest BCUT2D eigenvalue weighted by Gasteiger charge is -2.16. The van der Waals surface area contributed by atoms with Gasteiger partial charge in [0.1, 0.15) is 11.6 Å². The number of hydrogen-bond donors (Lipinski definition) is 1. The first-order valence-corrected chi connectivity index (χ1v) is 9.13. The molecule has 2 amide bonds. The molecule has 0 unspecified atom stereocenters. The number of halogens is 3. The minimum atomic E-state index is -0.832. The number of esters is 1. The number of benzene rings is 2. The average Bonchev–Trinajstić information content (AvgIpc) is 2.68. The Labute approximate surface area is 174 Å². The first-order valence-electron chi connectivity index (χ1n) is 8.34. The molecule has 2 aromatic carbocycles. The van der Waals surface area contributed by atoms with Gasteiger partial charge >= 0.3 is 5.97 Å². The first kappa shape index (κ1) is 22.2. The van der Waals surface area contributed by atoms with Gasteiger partial charge in [-0.3, -0.25) is 9.59 Å². The Hall–Kier alpha value is -3.07. The van der Waals surface area contributed by atoms with Gasteiger partial charge in [0.25, 0.3) is 5.91 Å². The van der Waals surface area contributed by atoms with Gasteiger partial charge in [-0.05, 0) is 48.5 Å². The van der Waals surface area contributed by atoms with Crippen molar-refractivity contribution in [2.45, 2.75) is 0 Å². The minimum Gasteiger partial charge on any atom is -0.452 e. The van der Waals surface area contributed by atoms with Crippen molar-refractivity contribution in [2.75, 3.05) is 25.5 Å². The summed E-state index contributed by atoms with van der Waals surface area (Å²) >= 11 is 3.20. The highest BCUT2D eigenvalue weighted by molar-refractivity contribution is 9.10. The van der Waals surface area contributed by atoms with Crippen molar-refractivity contribution in [2.24, 2.45) is 0 Å². The molecule has 0 aliphatic carbocycles. The van der Waals surface area contributed by atoms with Crippen molar-refractivity contribution in [3.63, 3.8) is 0 Å². The lowest BCUT2D eigenvalue weighted by atomic mass is 10.2. The highest BCUT2D eigenvalue weighted by atomic mass is 79.9. The third-order valence-corrected chi connectivity index (χ3v) is 4.12. The van der Waals surface area contributed by atoms with Crippen molar-refractivity contribution in [1.29, 1.82) is 0 Å². The van der Waals surface area contributed by atoms with Crippen LogP contribution in [-0.4, -0.2) is 42.9 Å². The molecule has 0 heterocycles. The Morgan fingerprint density at radius 2 is 1.83 bits per heavy atom. The largest absolute Gasteiger partial charge is 0.452 e. The van der Waals surface area contributed by atoms with Crippen molar-refractivity contribution in [3.8, 4) is 0 Å². The van der Waals surface area contributed by atoms with Crippen molar-refractivity contribution in [3.05, 3.63) is 70.2 Å². The number of hydrogen-bond acceptors (Lipinski definition) is 4. The van der Waals surface area contributed by atoms with Gasteiger partial charge in [-0.25, -0.2) is 13.6 Å². The van der Waals surface area contributed by atoms with E-state index in [0.717, 1.165) is 11.0 Å². The zero-order valence-electron chi connectivity index (χ0n) is 15.3. The second-order valence-electron chi connectivity index (χ2n) is 5.91. The predicted molar refractivity (Wildman–Crippen MR) is 107 cm³/mol. The second-order valence-corrected chi connectivity index (χ2v) is 6.83. The molecule has 0 bridgehead atoms. The number of rotatable bonds is 7. The fourth-order valence-corrected chi connectivity index (χ4v) is 2.51. The summed E-state index contributed by atoms with van der Waals surface area (Å²) in [7, 11) is 1.37. The molecule has 9 heteroatoms. The van der Waals surface area contributed by atoms with Crippen LogP contribution in [0.3, 0.4) is 0 Å². The quantitative estimate of drug-likeness (QED) is 0.501. The maximum Gasteiger partial charge on any atom is 0.331 e. The Morgan fingerprint density at radius 3 is 2.52 bits per heavy atom. The number of anilines is 1. The number of likely N-dealkylation sites (N-methyl/N-ethyl adjacent to an activating group) is 1. The molecule has 0 saturated heterocycles. The monoisotopic (exact) mass is 466 g/mol. The molecule has 0 aliphatic heterocycles. The minimum absolute atomic E-state index is 0.178. The Bertz CT molecular complexity index is 933. The Kier molecular flexibility index (Phi) is 8.02. The van der Waals surface area contributed by atoms with Crippen molar-refractivity contribution in [1.82, 2.24) is 4.90 Å². The summed E-state index contributed by atoms with van der Waals surface area (Å²) in [6.07, 6.45) is 2.23. The summed E-state index contributed by atoms with van der Waals surface area (Å²) in [5.41, 5.74) is 0.561. The van der Waals surface area contributed by atoms with E-state index < -0.39 is 36.0 Å². The van der Waals surface area contributed by atoms with E-state index in [0.29, 0.717) is 10.2 Å². The van der Waals surface area contributed by atoms with Crippen LogP contribution in [0.1, 0.15) is 5.56 Å². The molecule has 0 saturated carbocycles. The van der Waals surface area contributed by atoms with Gasteiger partial charge < -0.3 is 15.0 Å². The third-order valence-electron chi connectivity index (χ3n) is 3.63. The van der Waals surface area contributed by atoms with Crippen LogP contribution in [0.2, 0.25) is 0 Å². The maximum absolute atomic E-state index is 13.6. The number of ether oxygens (including phenoxy) is 1. The molecule has 29 heavy (non-hydrogen) atoms.